The maximum Gasteiger partial charge on any atom is 0.132 e. The van der Waals surface area contributed by atoms with Crippen LogP contribution in [0.2, 0.25) is 5.15 Å². The van der Waals surface area contributed by atoms with Gasteiger partial charge >= 0.3 is 0 Å². The monoisotopic (exact) mass is 222 g/mol. The van der Waals surface area contributed by atoms with Crippen molar-refractivity contribution in [1.82, 2.24) is 19.5 Å². The summed E-state index contributed by atoms with van der Waals surface area (Å²) in [5.41, 5.74) is 0.885. The fourth-order valence-corrected chi connectivity index (χ4v) is 1.59. The van der Waals surface area contributed by atoms with Gasteiger partial charge in [-0.2, -0.15) is 0 Å². The van der Waals surface area contributed by atoms with Crippen LogP contribution in [0.1, 0.15) is 18.4 Å². The standard InChI is InChI=1S/C10H11ClN4/c1-2-15-4-3-12-10(15)6-8-5-9(11)14-7-13-8/h3-5,7H,2,6H2,1H3. The van der Waals surface area contributed by atoms with Crippen molar-refractivity contribution in [2.75, 3.05) is 0 Å². The molecule has 2 rings (SSSR count). The van der Waals surface area contributed by atoms with Gasteiger partial charge in [0.15, 0.2) is 0 Å². The van der Waals surface area contributed by atoms with Crippen molar-refractivity contribution in [3.63, 3.8) is 0 Å². The highest BCUT2D eigenvalue weighted by Crippen LogP contribution is 2.09. The lowest BCUT2D eigenvalue weighted by atomic mass is 10.3. The topological polar surface area (TPSA) is 43.6 Å². The maximum atomic E-state index is 5.78. The number of hydrogen-bond acceptors (Lipinski definition) is 3. The zero-order chi connectivity index (χ0) is 10.7. The summed E-state index contributed by atoms with van der Waals surface area (Å²) in [5, 5.41) is 0.467. The SMILES string of the molecule is CCn1ccnc1Cc1cc(Cl)ncn1. The Kier molecular flexibility index (Phi) is 2.97. The van der Waals surface area contributed by atoms with Gasteiger partial charge in [-0.1, -0.05) is 11.6 Å². The second-order valence-electron chi connectivity index (χ2n) is 3.14. The number of imidazole rings is 1. The number of rotatable bonds is 3. The summed E-state index contributed by atoms with van der Waals surface area (Å²) >= 11 is 5.78. The summed E-state index contributed by atoms with van der Waals surface area (Å²) in [7, 11) is 0. The average molecular weight is 223 g/mol. The second kappa shape index (κ2) is 4.40. The number of aromatic nitrogens is 4. The number of aryl methyl sites for hydroxylation is 1. The molecule has 0 radical (unpaired) electrons. The minimum absolute atomic E-state index is 0.467. The first-order chi connectivity index (χ1) is 7.29. The van der Waals surface area contributed by atoms with E-state index < -0.39 is 0 Å². The zero-order valence-electron chi connectivity index (χ0n) is 8.39. The van der Waals surface area contributed by atoms with E-state index in [0.717, 1.165) is 18.1 Å². The van der Waals surface area contributed by atoms with E-state index in [-0.39, 0.29) is 0 Å². The molecule has 0 N–H and O–H groups in total. The number of halogens is 1. The summed E-state index contributed by atoms with van der Waals surface area (Å²) in [5.74, 6) is 0.993. The molecule has 0 aliphatic carbocycles. The van der Waals surface area contributed by atoms with Crippen molar-refractivity contribution >= 4 is 11.6 Å². The third kappa shape index (κ3) is 2.33. The van der Waals surface area contributed by atoms with Gasteiger partial charge in [-0.15, -0.1) is 0 Å². The molecule has 2 aromatic heterocycles. The van der Waals surface area contributed by atoms with Crippen LogP contribution < -0.4 is 0 Å². The first kappa shape index (κ1) is 10.1. The Bertz CT molecular complexity index is 452. The lowest BCUT2D eigenvalue weighted by Gasteiger charge is -2.03. The van der Waals surface area contributed by atoms with Gasteiger partial charge in [0.25, 0.3) is 0 Å². The molecule has 0 spiro atoms. The fourth-order valence-electron chi connectivity index (χ4n) is 1.42. The summed E-state index contributed by atoms with van der Waals surface area (Å²) in [6, 6.07) is 1.76. The zero-order valence-corrected chi connectivity index (χ0v) is 9.15. The minimum atomic E-state index is 0.467. The summed E-state index contributed by atoms with van der Waals surface area (Å²) in [6.07, 6.45) is 5.90. The highest BCUT2D eigenvalue weighted by atomic mass is 35.5. The molecular weight excluding hydrogens is 212 g/mol. The maximum absolute atomic E-state index is 5.78. The van der Waals surface area contributed by atoms with E-state index in [1.165, 1.54) is 6.33 Å². The molecule has 0 saturated heterocycles. The quantitative estimate of drug-likeness (QED) is 0.746. The number of hydrogen-bond donors (Lipinski definition) is 0. The molecule has 2 aromatic rings. The van der Waals surface area contributed by atoms with Crippen LogP contribution in [0.5, 0.6) is 0 Å². The third-order valence-electron chi connectivity index (χ3n) is 2.17. The Morgan fingerprint density at radius 3 is 2.93 bits per heavy atom. The first-order valence-corrected chi connectivity index (χ1v) is 5.14. The van der Waals surface area contributed by atoms with Crippen molar-refractivity contribution < 1.29 is 0 Å². The Balaban J connectivity index is 2.22. The first-order valence-electron chi connectivity index (χ1n) is 4.76. The van der Waals surface area contributed by atoms with E-state index in [4.69, 9.17) is 11.6 Å². The van der Waals surface area contributed by atoms with E-state index in [2.05, 4.69) is 26.4 Å². The lowest BCUT2D eigenvalue weighted by molar-refractivity contribution is 0.708. The molecule has 0 amide bonds. The molecule has 78 valence electrons. The molecule has 0 unspecified atom stereocenters. The predicted molar refractivity (Wildman–Crippen MR) is 57.7 cm³/mol. The van der Waals surface area contributed by atoms with E-state index in [9.17, 15) is 0 Å². The van der Waals surface area contributed by atoms with Crippen molar-refractivity contribution in [3.8, 4) is 0 Å². The van der Waals surface area contributed by atoms with Gasteiger partial charge in [0.1, 0.15) is 17.3 Å². The van der Waals surface area contributed by atoms with Crippen LogP contribution in [-0.2, 0) is 13.0 Å². The van der Waals surface area contributed by atoms with E-state index in [0.29, 0.717) is 11.6 Å². The van der Waals surface area contributed by atoms with Crippen molar-refractivity contribution in [2.24, 2.45) is 0 Å². The van der Waals surface area contributed by atoms with Crippen LogP contribution in [0.3, 0.4) is 0 Å². The predicted octanol–water partition coefficient (Wildman–Crippen LogP) is 1.94. The largest absolute Gasteiger partial charge is 0.335 e. The van der Waals surface area contributed by atoms with Crippen LogP contribution in [0, 0.1) is 0 Å². The van der Waals surface area contributed by atoms with Gasteiger partial charge in [-0.25, -0.2) is 15.0 Å². The Labute approximate surface area is 93.0 Å². The Morgan fingerprint density at radius 1 is 1.33 bits per heavy atom. The summed E-state index contributed by atoms with van der Waals surface area (Å²) in [4.78, 5) is 12.3. The average Bonchev–Trinajstić information content (AvgIpc) is 2.65. The molecule has 2 heterocycles. The Hall–Kier alpha value is -1.42. The van der Waals surface area contributed by atoms with Crippen molar-refractivity contribution in [1.29, 1.82) is 0 Å². The van der Waals surface area contributed by atoms with Gasteiger partial charge in [-0.3, -0.25) is 0 Å². The molecule has 0 aromatic carbocycles. The summed E-state index contributed by atoms with van der Waals surface area (Å²) in [6.45, 7) is 2.99. The van der Waals surface area contributed by atoms with Gasteiger partial charge < -0.3 is 4.57 Å². The van der Waals surface area contributed by atoms with Gasteiger partial charge in [-0.05, 0) is 13.0 Å². The molecule has 4 nitrogen and oxygen atoms in total. The minimum Gasteiger partial charge on any atom is -0.335 e. The van der Waals surface area contributed by atoms with Crippen LogP contribution in [-0.4, -0.2) is 19.5 Å². The molecule has 0 bridgehead atoms. The van der Waals surface area contributed by atoms with Crippen LogP contribution in [0.15, 0.2) is 24.8 Å². The van der Waals surface area contributed by atoms with Gasteiger partial charge in [0, 0.05) is 25.4 Å². The molecule has 5 heteroatoms. The molecule has 0 saturated carbocycles. The third-order valence-corrected chi connectivity index (χ3v) is 2.38. The molecule has 0 atom stereocenters. The highest BCUT2D eigenvalue weighted by Gasteiger charge is 2.04. The molecule has 15 heavy (non-hydrogen) atoms. The van der Waals surface area contributed by atoms with Crippen molar-refractivity contribution in [2.45, 2.75) is 19.9 Å². The van der Waals surface area contributed by atoms with Crippen molar-refractivity contribution in [3.05, 3.63) is 41.5 Å². The smallest absolute Gasteiger partial charge is 0.132 e. The van der Waals surface area contributed by atoms with E-state index in [1.54, 1.807) is 12.3 Å². The summed E-state index contributed by atoms with van der Waals surface area (Å²) < 4.78 is 2.08. The lowest BCUT2D eigenvalue weighted by Crippen LogP contribution is -2.03. The van der Waals surface area contributed by atoms with E-state index in [1.807, 2.05) is 6.20 Å². The van der Waals surface area contributed by atoms with Gasteiger partial charge in [0.05, 0.1) is 5.69 Å². The molecule has 0 fully saturated rings. The Morgan fingerprint density at radius 2 is 2.20 bits per heavy atom. The molecule has 0 aliphatic rings. The van der Waals surface area contributed by atoms with Crippen LogP contribution in [0.25, 0.3) is 0 Å². The fraction of sp³-hybridized carbons (Fsp3) is 0.300. The normalized spacial score (nSPS) is 10.5. The number of nitrogens with zero attached hydrogens (tertiary/aromatic N) is 4. The van der Waals surface area contributed by atoms with Gasteiger partial charge in [0.2, 0.25) is 0 Å². The molecule has 0 aliphatic heterocycles. The highest BCUT2D eigenvalue weighted by molar-refractivity contribution is 6.29. The van der Waals surface area contributed by atoms with Crippen LogP contribution in [0.4, 0.5) is 0 Å². The van der Waals surface area contributed by atoms with Crippen LogP contribution >= 0.6 is 11.6 Å². The molecular formula is C10H11ClN4. The second-order valence-corrected chi connectivity index (χ2v) is 3.53. The van der Waals surface area contributed by atoms with E-state index >= 15 is 0 Å².